The Kier molecular flexibility index (Phi) is 3.94. The molecule has 0 saturated carbocycles. The van der Waals surface area contributed by atoms with Gasteiger partial charge in [-0.15, -0.1) is 0 Å². The Morgan fingerprint density at radius 3 is 2.85 bits per heavy atom. The number of carbonyl (C=O) groups is 1. The van der Waals surface area contributed by atoms with Crippen molar-refractivity contribution in [3.63, 3.8) is 0 Å². The van der Waals surface area contributed by atoms with Crippen molar-refractivity contribution in [2.24, 2.45) is 4.99 Å². The quantitative estimate of drug-likeness (QED) is 0.705. The Morgan fingerprint density at radius 1 is 1.26 bits per heavy atom. The molecule has 3 aliphatic rings. The molecule has 0 bridgehead atoms. The van der Waals surface area contributed by atoms with Gasteiger partial charge in [-0.1, -0.05) is 29.4 Å². The van der Waals surface area contributed by atoms with E-state index in [1.54, 1.807) is 12.1 Å². The second-order valence-electron chi connectivity index (χ2n) is 7.10. The summed E-state index contributed by atoms with van der Waals surface area (Å²) in [7, 11) is 0. The van der Waals surface area contributed by atoms with Crippen molar-refractivity contribution < 1.29 is 14.1 Å². The molecule has 138 valence electrons. The molecular formula is C20H19N3O3S. The van der Waals surface area contributed by atoms with Gasteiger partial charge in [-0.25, -0.2) is 0 Å². The number of likely N-dealkylation sites (tertiary alicyclic amines) is 1. The van der Waals surface area contributed by atoms with Crippen LogP contribution in [-0.2, 0) is 21.7 Å². The lowest BCUT2D eigenvalue weighted by atomic mass is 9.84. The van der Waals surface area contributed by atoms with Crippen molar-refractivity contribution in [2.45, 2.75) is 32.0 Å². The SMILES string of the molecule is Cc1cc(/C=C2\SC(N3CCC4(CC3)OCc3ccccc34)=NC2=O)no1. The molecule has 1 spiro atoms. The number of aryl methyl sites for hydroxylation is 1. The average molecular weight is 381 g/mol. The van der Waals surface area contributed by atoms with E-state index >= 15 is 0 Å². The van der Waals surface area contributed by atoms with Crippen LogP contribution in [0.4, 0.5) is 0 Å². The number of aliphatic imine (C=N–C) groups is 1. The third-order valence-corrected chi connectivity index (χ3v) is 6.43. The third kappa shape index (κ3) is 2.91. The predicted molar refractivity (Wildman–Crippen MR) is 103 cm³/mol. The summed E-state index contributed by atoms with van der Waals surface area (Å²) in [6.07, 6.45) is 3.54. The normalized spacial score (nSPS) is 22.6. The number of amides is 1. The van der Waals surface area contributed by atoms with E-state index in [2.05, 4.69) is 39.3 Å². The summed E-state index contributed by atoms with van der Waals surface area (Å²) in [5, 5.41) is 4.69. The van der Waals surface area contributed by atoms with E-state index < -0.39 is 0 Å². The largest absolute Gasteiger partial charge is 0.365 e. The summed E-state index contributed by atoms with van der Waals surface area (Å²) in [6, 6.07) is 10.3. The van der Waals surface area contributed by atoms with Crippen molar-refractivity contribution in [1.82, 2.24) is 10.1 Å². The Hall–Kier alpha value is -2.38. The number of hydrogen-bond donors (Lipinski definition) is 0. The van der Waals surface area contributed by atoms with E-state index in [1.165, 1.54) is 22.9 Å². The van der Waals surface area contributed by atoms with E-state index in [9.17, 15) is 4.79 Å². The first-order valence-electron chi connectivity index (χ1n) is 9.06. The molecule has 27 heavy (non-hydrogen) atoms. The number of piperidine rings is 1. The molecule has 4 heterocycles. The van der Waals surface area contributed by atoms with Gasteiger partial charge in [0.1, 0.15) is 11.5 Å². The zero-order chi connectivity index (χ0) is 18.4. The number of benzene rings is 1. The number of aromatic nitrogens is 1. The van der Waals surface area contributed by atoms with Crippen LogP contribution in [0.2, 0.25) is 0 Å². The van der Waals surface area contributed by atoms with Gasteiger partial charge in [0.25, 0.3) is 5.91 Å². The molecular weight excluding hydrogens is 362 g/mol. The summed E-state index contributed by atoms with van der Waals surface area (Å²) in [4.78, 5) is 19.3. The first-order valence-corrected chi connectivity index (χ1v) is 9.88. The van der Waals surface area contributed by atoms with E-state index in [0.29, 0.717) is 17.2 Å². The van der Waals surface area contributed by atoms with Crippen molar-refractivity contribution >= 4 is 28.9 Å². The van der Waals surface area contributed by atoms with Crippen LogP contribution in [0.5, 0.6) is 0 Å². The summed E-state index contributed by atoms with van der Waals surface area (Å²) < 4.78 is 11.3. The fourth-order valence-electron chi connectivity index (χ4n) is 3.98. The molecule has 1 fully saturated rings. The van der Waals surface area contributed by atoms with Crippen LogP contribution < -0.4 is 0 Å². The second kappa shape index (κ2) is 6.35. The third-order valence-electron chi connectivity index (χ3n) is 5.39. The highest BCUT2D eigenvalue weighted by atomic mass is 32.2. The Bertz CT molecular complexity index is 970. The van der Waals surface area contributed by atoms with Crippen LogP contribution in [0.25, 0.3) is 6.08 Å². The Labute approximate surface area is 161 Å². The fraction of sp³-hybridized carbons (Fsp3) is 0.350. The maximum absolute atomic E-state index is 12.3. The highest BCUT2D eigenvalue weighted by molar-refractivity contribution is 8.18. The molecule has 1 aromatic heterocycles. The maximum atomic E-state index is 12.3. The van der Waals surface area contributed by atoms with Crippen LogP contribution >= 0.6 is 11.8 Å². The van der Waals surface area contributed by atoms with Crippen LogP contribution in [0.1, 0.15) is 35.4 Å². The van der Waals surface area contributed by atoms with Gasteiger partial charge < -0.3 is 14.2 Å². The number of ether oxygens (including phenoxy) is 1. The average Bonchev–Trinajstić information content (AvgIpc) is 3.36. The number of thioether (sulfide) groups is 1. The minimum atomic E-state index is -0.210. The van der Waals surface area contributed by atoms with E-state index in [-0.39, 0.29) is 11.5 Å². The van der Waals surface area contributed by atoms with Gasteiger partial charge in [-0.05, 0) is 48.7 Å². The summed E-state index contributed by atoms with van der Waals surface area (Å²) in [5.41, 5.74) is 3.08. The van der Waals surface area contributed by atoms with Crippen LogP contribution in [0.3, 0.4) is 0 Å². The molecule has 1 aromatic carbocycles. The molecule has 7 heteroatoms. The molecule has 2 aromatic rings. The summed E-state index contributed by atoms with van der Waals surface area (Å²) >= 11 is 1.41. The highest BCUT2D eigenvalue weighted by Gasteiger charge is 2.43. The zero-order valence-electron chi connectivity index (χ0n) is 15.0. The van der Waals surface area contributed by atoms with Gasteiger partial charge in [0.2, 0.25) is 0 Å². The lowest BCUT2D eigenvalue weighted by molar-refractivity contribution is -0.113. The first kappa shape index (κ1) is 16.8. The van der Waals surface area contributed by atoms with Gasteiger partial charge in [-0.3, -0.25) is 4.79 Å². The second-order valence-corrected chi connectivity index (χ2v) is 8.11. The van der Waals surface area contributed by atoms with E-state index in [0.717, 1.165) is 36.9 Å². The van der Waals surface area contributed by atoms with Gasteiger partial charge in [0.15, 0.2) is 5.17 Å². The molecule has 0 N–H and O–H groups in total. The molecule has 3 aliphatic heterocycles. The van der Waals surface area contributed by atoms with Crippen LogP contribution in [0, 0.1) is 6.92 Å². The first-order chi connectivity index (χ1) is 13.1. The van der Waals surface area contributed by atoms with Crippen molar-refractivity contribution in [3.05, 3.63) is 57.8 Å². The van der Waals surface area contributed by atoms with Gasteiger partial charge in [-0.2, -0.15) is 4.99 Å². The summed E-state index contributed by atoms with van der Waals surface area (Å²) in [5.74, 6) is 0.509. The van der Waals surface area contributed by atoms with E-state index in [1.807, 2.05) is 6.92 Å². The van der Waals surface area contributed by atoms with Crippen LogP contribution in [-0.4, -0.2) is 34.2 Å². The number of rotatable bonds is 1. The van der Waals surface area contributed by atoms with E-state index in [4.69, 9.17) is 9.26 Å². The number of carbonyl (C=O) groups excluding carboxylic acids is 1. The molecule has 1 amide bonds. The lowest BCUT2D eigenvalue weighted by Crippen LogP contribution is -2.44. The highest BCUT2D eigenvalue weighted by Crippen LogP contribution is 2.45. The minimum Gasteiger partial charge on any atom is -0.365 e. The molecule has 0 radical (unpaired) electrons. The Morgan fingerprint density at radius 2 is 2.07 bits per heavy atom. The Balaban J connectivity index is 1.29. The molecule has 0 aliphatic carbocycles. The van der Waals surface area contributed by atoms with Gasteiger partial charge >= 0.3 is 0 Å². The molecule has 5 rings (SSSR count). The number of nitrogens with zero attached hydrogens (tertiary/aromatic N) is 3. The van der Waals surface area contributed by atoms with Crippen molar-refractivity contribution in [2.75, 3.05) is 13.1 Å². The molecule has 1 saturated heterocycles. The van der Waals surface area contributed by atoms with Gasteiger partial charge in [0.05, 0.1) is 17.1 Å². The fourth-order valence-corrected chi connectivity index (χ4v) is 4.93. The monoisotopic (exact) mass is 381 g/mol. The molecule has 0 atom stereocenters. The molecule has 6 nitrogen and oxygen atoms in total. The number of fused-ring (bicyclic) bond motifs is 2. The standard InChI is InChI=1S/C20H19N3O3S/c1-13-10-15(22-26-13)11-17-18(24)21-19(27-17)23-8-6-20(7-9-23)16-5-3-2-4-14(16)12-25-20/h2-5,10-11H,6-9,12H2,1H3/b17-11-. The smallest absolute Gasteiger partial charge is 0.286 e. The number of hydrogen-bond acceptors (Lipinski definition) is 6. The zero-order valence-corrected chi connectivity index (χ0v) is 15.8. The molecule has 0 unspecified atom stereocenters. The summed E-state index contributed by atoms with van der Waals surface area (Å²) in [6.45, 7) is 4.16. The number of amidine groups is 1. The predicted octanol–water partition coefficient (Wildman–Crippen LogP) is 3.47. The van der Waals surface area contributed by atoms with Crippen LogP contribution in [0.15, 0.2) is 44.8 Å². The lowest BCUT2D eigenvalue weighted by Gasteiger charge is -2.39. The topological polar surface area (TPSA) is 67.9 Å². The van der Waals surface area contributed by atoms with Gasteiger partial charge in [0, 0.05) is 19.2 Å². The van der Waals surface area contributed by atoms with Crippen molar-refractivity contribution in [1.29, 1.82) is 0 Å². The maximum Gasteiger partial charge on any atom is 0.286 e. The minimum absolute atomic E-state index is 0.183. The van der Waals surface area contributed by atoms with Crippen molar-refractivity contribution in [3.8, 4) is 0 Å².